The van der Waals surface area contributed by atoms with E-state index < -0.39 is 6.29 Å². The molecule has 26 heavy (non-hydrogen) atoms. The Morgan fingerprint density at radius 2 is 1.73 bits per heavy atom. The summed E-state index contributed by atoms with van der Waals surface area (Å²) >= 11 is 1.64. The fraction of sp³-hybridized carbons (Fsp3) is 0.476. The highest BCUT2D eigenvalue weighted by Gasteiger charge is 2.38. The highest BCUT2D eigenvalue weighted by Crippen LogP contribution is 2.46. The number of aliphatic hydroxyl groups is 1. The van der Waals surface area contributed by atoms with Crippen LogP contribution in [0.2, 0.25) is 0 Å². The molecule has 0 saturated carbocycles. The second-order valence-electron chi connectivity index (χ2n) is 8.58. The number of halogens is 1. The van der Waals surface area contributed by atoms with E-state index in [-0.39, 0.29) is 16.6 Å². The number of aromatic nitrogens is 1. The minimum absolute atomic E-state index is 0.0553. The number of ketones is 1. The molecule has 1 aromatic heterocycles. The number of hydrogen-bond acceptors (Lipinski definition) is 3. The Morgan fingerprint density at radius 3 is 2.31 bits per heavy atom. The summed E-state index contributed by atoms with van der Waals surface area (Å²) in [4.78, 5) is 16.1. The maximum absolute atomic E-state index is 13.1. The average molecular weight is 467 g/mol. The molecule has 0 aliphatic heterocycles. The number of carbonyl (C=O) groups is 1. The van der Waals surface area contributed by atoms with Gasteiger partial charge in [-0.2, -0.15) is 0 Å². The van der Waals surface area contributed by atoms with Crippen LogP contribution < -0.4 is 0 Å². The maximum atomic E-state index is 13.1. The first-order valence-corrected chi connectivity index (χ1v) is 9.79. The Labute approximate surface area is 169 Å². The zero-order valence-electron chi connectivity index (χ0n) is 15.9. The molecule has 1 atom stereocenters. The van der Waals surface area contributed by atoms with Gasteiger partial charge < -0.3 is 10.1 Å². The van der Waals surface area contributed by atoms with E-state index in [9.17, 15) is 9.90 Å². The number of aliphatic hydroxyl groups excluding tert-OH is 1. The Bertz CT molecular complexity index is 851. The monoisotopic (exact) mass is 467 g/mol. The van der Waals surface area contributed by atoms with Gasteiger partial charge in [0, 0.05) is 5.56 Å². The van der Waals surface area contributed by atoms with Crippen molar-refractivity contribution in [2.24, 2.45) is 0 Å². The summed E-state index contributed by atoms with van der Waals surface area (Å²) in [5.41, 5.74) is 5.43. The minimum atomic E-state index is -1.07. The molecule has 0 amide bonds. The summed E-state index contributed by atoms with van der Waals surface area (Å²) in [7, 11) is 0. The SMILES string of the molecule is Cc1cc2c(cc1C(=O)c1ccc(C(O)OI)[nH]1)C(C)(C)CCC2(C)C. The average Bonchev–Trinajstić information content (AvgIpc) is 3.07. The van der Waals surface area contributed by atoms with Crippen LogP contribution in [-0.4, -0.2) is 15.9 Å². The Hall–Kier alpha value is -1.18. The molecule has 0 bridgehead atoms. The van der Waals surface area contributed by atoms with Crippen LogP contribution in [0.1, 0.15) is 85.3 Å². The molecule has 0 spiro atoms. The van der Waals surface area contributed by atoms with E-state index in [1.165, 1.54) is 11.1 Å². The van der Waals surface area contributed by atoms with Crippen LogP contribution in [-0.2, 0) is 13.9 Å². The summed E-state index contributed by atoms with van der Waals surface area (Å²) in [6.45, 7) is 11.1. The highest BCUT2D eigenvalue weighted by atomic mass is 127. The molecule has 0 fully saturated rings. The second-order valence-corrected chi connectivity index (χ2v) is 9.09. The first-order valence-electron chi connectivity index (χ1n) is 8.91. The molecule has 0 saturated heterocycles. The van der Waals surface area contributed by atoms with Crippen molar-refractivity contribution in [2.75, 3.05) is 0 Å². The predicted molar refractivity (Wildman–Crippen MR) is 111 cm³/mol. The van der Waals surface area contributed by atoms with E-state index in [0.717, 1.165) is 18.4 Å². The predicted octanol–water partition coefficient (Wildman–Crippen LogP) is 5.26. The lowest BCUT2D eigenvalue weighted by Gasteiger charge is -2.42. The zero-order chi connectivity index (χ0) is 19.3. The molecular formula is C21H26INO3. The van der Waals surface area contributed by atoms with Crippen molar-refractivity contribution in [3.63, 3.8) is 0 Å². The van der Waals surface area contributed by atoms with Gasteiger partial charge in [0.1, 0.15) is 23.0 Å². The lowest BCUT2D eigenvalue weighted by Crippen LogP contribution is -2.34. The third kappa shape index (κ3) is 3.37. The Balaban J connectivity index is 2.06. The van der Waals surface area contributed by atoms with Crippen LogP contribution in [0.25, 0.3) is 0 Å². The van der Waals surface area contributed by atoms with Crippen LogP contribution in [0.4, 0.5) is 0 Å². The number of rotatable bonds is 4. The van der Waals surface area contributed by atoms with Crippen molar-refractivity contribution in [3.8, 4) is 0 Å². The summed E-state index contributed by atoms with van der Waals surface area (Å²) < 4.78 is 4.87. The lowest BCUT2D eigenvalue weighted by atomic mass is 9.62. The molecular weight excluding hydrogens is 441 g/mol. The van der Waals surface area contributed by atoms with Gasteiger partial charge in [0.25, 0.3) is 0 Å². The van der Waals surface area contributed by atoms with Crippen molar-refractivity contribution in [1.29, 1.82) is 0 Å². The number of benzene rings is 1. The van der Waals surface area contributed by atoms with E-state index in [4.69, 9.17) is 3.07 Å². The van der Waals surface area contributed by atoms with Crippen molar-refractivity contribution < 1.29 is 13.0 Å². The molecule has 2 N–H and O–H groups in total. The normalized spacial score (nSPS) is 19.0. The van der Waals surface area contributed by atoms with E-state index in [0.29, 0.717) is 17.0 Å². The van der Waals surface area contributed by atoms with Crippen molar-refractivity contribution in [2.45, 2.75) is 64.6 Å². The summed E-state index contributed by atoms with van der Waals surface area (Å²) in [6, 6.07) is 7.65. The number of aromatic amines is 1. The molecule has 1 aromatic carbocycles. The van der Waals surface area contributed by atoms with Gasteiger partial charge in [0.15, 0.2) is 0 Å². The number of hydrogen-bond donors (Lipinski definition) is 2. The van der Waals surface area contributed by atoms with Crippen LogP contribution in [0.5, 0.6) is 0 Å². The molecule has 0 radical (unpaired) electrons. The Morgan fingerprint density at radius 1 is 1.15 bits per heavy atom. The largest absolute Gasteiger partial charge is 0.362 e. The number of H-pyrrole nitrogens is 1. The van der Waals surface area contributed by atoms with Crippen LogP contribution >= 0.6 is 23.0 Å². The molecule has 1 aliphatic rings. The van der Waals surface area contributed by atoms with Crippen LogP contribution in [0, 0.1) is 6.92 Å². The summed E-state index contributed by atoms with van der Waals surface area (Å²) in [5.74, 6) is -0.0589. The molecule has 140 valence electrons. The smallest absolute Gasteiger partial charge is 0.209 e. The molecule has 4 nitrogen and oxygen atoms in total. The Kier molecular flexibility index (Phi) is 5.09. The molecule has 1 aliphatic carbocycles. The van der Waals surface area contributed by atoms with Gasteiger partial charge in [-0.15, -0.1) is 0 Å². The van der Waals surface area contributed by atoms with Crippen molar-refractivity contribution in [1.82, 2.24) is 4.98 Å². The van der Waals surface area contributed by atoms with Gasteiger partial charge in [-0.1, -0.05) is 33.8 Å². The number of carbonyl (C=O) groups excluding carboxylic acids is 1. The summed E-state index contributed by atoms with van der Waals surface area (Å²) in [5, 5.41) is 9.76. The van der Waals surface area contributed by atoms with Gasteiger partial charge in [0.05, 0.1) is 11.4 Å². The van der Waals surface area contributed by atoms with Gasteiger partial charge in [0.2, 0.25) is 12.1 Å². The number of aryl methyl sites for hydroxylation is 1. The lowest BCUT2D eigenvalue weighted by molar-refractivity contribution is 0.0134. The van der Waals surface area contributed by atoms with E-state index in [2.05, 4.69) is 44.8 Å². The minimum Gasteiger partial charge on any atom is -0.362 e. The quantitative estimate of drug-likeness (QED) is 0.366. The number of nitrogens with one attached hydrogen (secondary N) is 1. The first kappa shape index (κ1) is 19.6. The zero-order valence-corrected chi connectivity index (χ0v) is 18.1. The fourth-order valence-corrected chi connectivity index (χ4v) is 4.12. The standard InChI is InChI=1S/C21H26INO3/c1-12-10-14-15(21(4,5)9-8-20(14,2)3)11-13(12)18(24)16-6-7-17(23-16)19(25)26-22/h6-7,10-11,19,23,25H,8-9H2,1-5H3. The fourth-order valence-electron chi connectivity index (χ4n) is 3.85. The third-order valence-electron chi connectivity index (χ3n) is 5.75. The van der Waals surface area contributed by atoms with Crippen molar-refractivity contribution in [3.05, 3.63) is 57.9 Å². The maximum Gasteiger partial charge on any atom is 0.209 e. The molecule has 3 rings (SSSR count). The van der Waals surface area contributed by atoms with Crippen LogP contribution in [0.15, 0.2) is 24.3 Å². The van der Waals surface area contributed by atoms with Gasteiger partial charge >= 0.3 is 0 Å². The number of fused-ring (bicyclic) bond motifs is 1. The van der Waals surface area contributed by atoms with Gasteiger partial charge in [-0.05, 0) is 65.5 Å². The van der Waals surface area contributed by atoms with E-state index in [1.807, 2.05) is 6.92 Å². The van der Waals surface area contributed by atoms with Crippen LogP contribution in [0.3, 0.4) is 0 Å². The third-order valence-corrected chi connectivity index (χ3v) is 6.23. The molecule has 1 heterocycles. The highest BCUT2D eigenvalue weighted by molar-refractivity contribution is 14.1. The van der Waals surface area contributed by atoms with E-state index >= 15 is 0 Å². The summed E-state index contributed by atoms with van der Waals surface area (Å²) in [6.07, 6.45) is 1.19. The molecule has 5 heteroatoms. The van der Waals surface area contributed by atoms with Gasteiger partial charge in [-0.25, -0.2) is 0 Å². The second kappa shape index (κ2) is 6.77. The van der Waals surface area contributed by atoms with E-state index in [1.54, 1.807) is 35.1 Å². The van der Waals surface area contributed by atoms with Gasteiger partial charge in [-0.3, -0.25) is 7.86 Å². The molecule has 1 unspecified atom stereocenters. The molecule has 2 aromatic rings. The first-order chi connectivity index (χ1) is 12.1. The topological polar surface area (TPSA) is 62.3 Å². The van der Waals surface area contributed by atoms with Crippen molar-refractivity contribution >= 4 is 28.8 Å².